The summed E-state index contributed by atoms with van der Waals surface area (Å²) in [5, 5.41) is 0. The lowest BCUT2D eigenvalue weighted by molar-refractivity contribution is -0.137. The molecule has 38 heavy (non-hydrogen) atoms. The van der Waals surface area contributed by atoms with Crippen molar-refractivity contribution in [3.05, 3.63) is 47.5 Å². The van der Waals surface area contributed by atoms with Crippen LogP contribution in [0.3, 0.4) is 0 Å². The maximum absolute atomic E-state index is 13.2. The standard InChI is InChI=1S/C27H35F3N4O4/c1-36-23-17-20(18-24(37-2)25(23)38-3)26(35)34-15-11-32(12-16-34)8-7-31-9-13-33(14-10-31)22-6-4-5-21(19-22)27(28,29)30/h4-6,17-19H,7-16H2,1-3H3. The first kappa shape index (κ1) is 27.8. The molecule has 4 rings (SSSR count). The highest BCUT2D eigenvalue weighted by Crippen LogP contribution is 2.38. The van der Waals surface area contributed by atoms with Gasteiger partial charge in [0.1, 0.15) is 0 Å². The van der Waals surface area contributed by atoms with Crippen molar-refractivity contribution >= 4 is 11.6 Å². The molecular formula is C27H35F3N4O4. The van der Waals surface area contributed by atoms with E-state index in [1.165, 1.54) is 33.5 Å². The van der Waals surface area contributed by atoms with E-state index in [2.05, 4.69) is 9.80 Å². The van der Waals surface area contributed by atoms with Gasteiger partial charge in [0.25, 0.3) is 5.91 Å². The highest BCUT2D eigenvalue weighted by molar-refractivity contribution is 5.95. The molecule has 1 amide bonds. The molecule has 0 spiro atoms. The number of carbonyl (C=O) groups is 1. The zero-order valence-corrected chi connectivity index (χ0v) is 22.1. The molecule has 0 radical (unpaired) electrons. The van der Waals surface area contributed by atoms with Crippen molar-refractivity contribution in [2.75, 3.05) is 91.7 Å². The van der Waals surface area contributed by atoms with Crippen molar-refractivity contribution in [3.8, 4) is 17.2 Å². The molecule has 2 aromatic carbocycles. The molecule has 0 unspecified atom stereocenters. The first-order valence-electron chi connectivity index (χ1n) is 12.7. The van der Waals surface area contributed by atoms with Crippen molar-refractivity contribution in [2.45, 2.75) is 6.18 Å². The van der Waals surface area contributed by atoms with Crippen molar-refractivity contribution in [1.82, 2.24) is 14.7 Å². The van der Waals surface area contributed by atoms with E-state index in [9.17, 15) is 18.0 Å². The third-order valence-corrected chi connectivity index (χ3v) is 7.21. The molecule has 0 aromatic heterocycles. The number of hydrogen-bond acceptors (Lipinski definition) is 7. The summed E-state index contributed by atoms with van der Waals surface area (Å²) in [6, 6.07) is 8.90. The maximum atomic E-state index is 13.2. The number of carbonyl (C=O) groups excluding carboxylic acids is 1. The van der Waals surface area contributed by atoms with Crippen LogP contribution in [0.5, 0.6) is 17.2 Å². The van der Waals surface area contributed by atoms with E-state index in [-0.39, 0.29) is 5.91 Å². The van der Waals surface area contributed by atoms with Crippen LogP contribution in [0.25, 0.3) is 0 Å². The van der Waals surface area contributed by atoms with Gasteiger partial charge in [0.05, 0.1) is 26.9 Å². The molecule has 2 aromatic rings. The number of halogens is 3. The summed E-state index contributed by atoms with van der Waals surface area (Å²) in [4.78, 5) is 21.7. The van der Waals surface area contributed by atoms with Crippen molar-refractivity contribution < 1.29 is 32.2 Å². The average molecular weight is 537 g/mol. The van der Waals surface area contributed by atoms with Gasteiger partial charge in [-0.1, -0.05) is 6.07 Å². The van der Waals surface area contributed by atoms with Crippen LogP contribution in [0, 0.1) is 0 Å². The molecule has 8 nitrogen and oxygen atoms in total. The molecule has 11 heteroatoms. The molecule has 0 atom stereocenters. The second-order valence-corrected chi connectivity index (χ2v) is 9.42. The van der Waals surface area contributed by atoms with Gasteiger partial charge in [-0.25, -0.2) is 0 Å². The average Bonchev–Trinajstić information content (AvgIpc) is 2.95. The lowest BCUT2D eigenvalue weighted by atomic mass is 10.1. The number of nitrogens with zero attached hydrogens (tertiary/aromatic N) is 4. The normalized spacial score (nSPS) is 17.4. The van der Waals surface area contributed by atoms with E-state index < -0.39 is 11.7 Å². The van der Waals surface area contributed by atoms with Crippen LogP contribution in [0.1, 0.15) is 15.9 Å². The fourth-order valence-corrected chi connectivity index (χ4v) is 4.95. The van der Waals surface area contributed by atoms with Crippen LogP contribution in [-0.4, -0.2) is 107 Å². The predicted octanol–water partition coefficient (Wildman–Crippen LogP) is 3.31. The first-order valence-corrected chi connectivity index (χ1v) is 12.7. The topological polar surface area (TPSA) is 57.7 Å². The number of amides is 1. The second kappa shape index (κ2) is 12.1. The van der Waals surface area contributed by atoms with Gasteiger partial charge in [-0.3, -0.25) is 14.6 Å². The maximum Gasteiger partial charge on any atom is 0.416 e. The molecule has 2 fully saturated rings. The molecule has 0 N–H and O–H groups in total. The van der Waals surface area contributed by atoms with Gasteiger partial charge in [0.2, 0.25) is 5.75 Å². The van der Waals surface area contributed by atoms with E-state index in [4.69, 9.17) is 14.2 Å². The summed E-state index contributed by atoms with van der Waals surface area (Å²) in [5.41, 5.74) is 0.499. The molecule has 208 valence electrons. The number of benzene rings is 2. The molecule has 0 aliphatic carbocycles. The molecular weight excluding hydrogens is 501 g/mol. The third-order valence-electron chi connectivity index (χ3n) is 7.21. The minimum Gasteiger partial charge on any atom is -0.493 e. The molecule has 2 aliphatic heterocycles. The van der Waals surface area contributed by atoms with E-state index in [1.807, 2.05) is 9.80 Å². The molecule has 2 aliphatic rings. The number of methoxy groups -OCH3 is 3. The van der Waals surface area contributed by atoms with Gasteiger partial charge in [-0.15, -0.1) is 0 Å². The van der Waals surface area contributed by atoms with E-state index in [1.54, 1.807) is 18.2 Å². The lowest BCUT2D eigenvalue weighted by Crippen LogP contribution is -2.52. The van der Waals surface area contributed by atoms with Crippen LogP contribution in [0.15, 0.2) is 36.4 Å². The van der Waals surface area contributed by atoms with Gasteiger partial charge in [0.15, 0.2) is 11.5 Å². The summed E-state index contributed by atoms with van der Waals surface area (Å²) in [5.74, 6) is 1.27. The Balaban J connectivity index is 1.23. The van der Waals surface area contributed by atoms with Crippen molar-refractivity contribution in [1.29, 1.82) is 0 Å². The Hall–Kier alpha value is -3.18. The first-order chi connectivity index (χ1) is 18.2. The third kappa shape index (κ3) is 6.44. The van der Waals surface area contributed by atoms with Gasteiger partial charge in [0, 0.05) is 76.7 Å². The Bertz CT molecular complexity index is 1070. The summed E-state index contributed by atoms with van der Waals surface area (Å²) in [6.45, 7) is 7.56. The molecule has 2 saturated heterocycles. The van der Waals surface area contributed by atoms with Crippen molar-refractivity contribution in [3.63, 3.8) is 0 Å². The monoisotopic (exact) mass is 536 g/mol. The predicted molar refractivity (Wildman–Crippen MR) is 139 cm³/mol. The number of hydrogen-bond donors (Lipinski definition) is 0. The summed E-state index contributed by atoms with van der Waals surface area (Å²) < 4.78 is 55.3. The minimum atomic E-state index is -4.33. The van der Waals surface area contributed by atoms with Gasteiger partial charge in [-0.2, -0.15) is 13.2 Å². The Morgan fingerprint density at radius 3 is 1.84 bits per heavy atom. The smallest absolute Gasteiger partial charge is 0.416 e. The van der Waals surface area contributed by atoms with Crippen LogP contribution >= 0.6 is 0 Å². The van der Waals surface area contributed by atoms with Gasteiger partial charge in [-0.05, 0) is 30.3 Å². The Labute approximate surface area is 221 Å². The van der Waals surface area contributed by atoms with Crippen LogP contribution in [0.4, 0.5) is 18.9 Å². The van der Waals surface area contributed by atoms with Crippen molar-refractivity contribution in [2.24, 2.45) is 0 Å². The van der Waals surface area contributed by atoms with Crippen LogP contribution in [0.2, 0.25) is 0 Å². The molecule has 0 bridgehead atoms. The number of rotatable bonds is 8. The highest BCUT2D eigenvalue weighted by atomic mass is 19.4. The van der Waals surface area contributed by atoms with Gasteiger partial charge >= 0.3 is 6.18 Å². The SMILES string of the molecule is COc1cc(C(=O)N2CCN(CCN3CCN(c4cccc(C(F)(F)F)c4)CC3)CC2)cc(OC)c1OC. The van der Waals surface area contributed by atoms with Gasteiger partial charge < -0.3 is 24.0 Å². The number of ether oxygens (including phenoxy) is 3. The number of alkyl halides is 3. The van der Waals surface area contributed by atoms with Crippen LogP contribution in [-0.2, 0) is 6.18 Å². The van der Waals surface area contributed by atoms with Crippen LogP contribution < -0.4 is 19.1 Å². The fourth-order valence-electron chi connectivity index (χ4n) is 4.95. The summed E-state index contributed by atoms with van der Waals surface area (Å²) in [6.07, 6.45) is -4.33. The van der Waals surface area contributed by atoms with E-state index in [0.29, 0.717) is 54.7 Å². The Morgan fingerprint density at radius 2 is 1.34 bits per heavy atom. The zero-order valence-electron chi connectivity index (χ0n) is 22.1. The Morgan fingerprint density at radius 1 is 0.789 bits per heavy atom. The number of piperazine rings is 2. The summed E-state index contributed by atoms with van der Waals surface area (Å²) in [7, 11) is 4.57. The second-order valence-electron chi connectivity index (χ2n) is 9.42. The molecule has 0 saturated carbocycles. The van der Waals surface area contributed by atoms with E-state index >= 15 is 0 Å². The lowest BCUT2D eigenvalue weighted by Gasteiger charge is -2.39. The Kier molecular flexibility index (Phi) is 8.88. The zero-order chi connectivity index (χ0) is 27.3. The highest BCUT2D eigenvalue weighted by Gasteiger charge is 2.31. The largest absolute Gasteiger partial charge is 0.493 e. The fraction of sp³-hybridized carbons (Fsp3) is 0.519. The number of anilines is 1. The quantitative estimate of drug-likeness (QED) is 0.513. The molecule has 2 heterocycles. The summed E-state index contributed by atoms with van der Waals surface area (Å²) >= 11 is 0. The van der Waals surface area contributed by atoms with E-state index in [0.717, 1.165) is 45.3 Å². The minimum absolute atomic E-state index is 0.0744.